The van der Waals surface area contributed by atoms with Crippen molar-refractivity contribution in [1.82, 2.24) is 24.6 Å². The number of nitrogens with one attached hydrogen (secondary N) is 1. The van der Waals surface area contributed by atoms with E-state index in [9.17, 15) is 13.6 Å². The van der Waals surface area contributed by atoms with Crippen molar-refractivity contribution in [2.24, 2.45) is 0 Å². The normalized spacial score (nSPS) is 14.8. The molecule has 1 aromatic carbocycles. The van der Waals surface area contributed by atoms with Crippen LogP contribution in [0.4, 0.5) is 5.82 Å². The molecule has 33 heavy (non-hydrogen) atoms. The third-order valence-electron chi connectivity index (χ3n) is 5.51. The molecule has 0 spiro atoms. The number of ether oxygens (including phenoxy) is 1. The zero-order valence-electron chi connectivity index (χ0n) is 18.1. The van der Waals surface area contributed by atoms with Crippen molar-refractivity contribution in [2.75, 3.05) is 38.2 Å². The molecule has 3 heterocycles. The summed E-state index contributed by atoms with van der Waals surface area (Å²) in [6.07, 6.45) is 4.56. The fourth-order valence-electron chi connectivity index (χ4n) is 3.85. The van der Waals surface area contributed by atoms with E-state index in [4.69, 9.17) is 4.74 Å². The maximum absolute atomic E-state index is 11.9. The third kappa shape index (κ3) is 5.00. The number of methoxy groups -OCH3 is 1. The summed E-state index contributed by atoms with van der Waals surface area (Å²) in [4.78, 5) is 29.0. The maximum Gasteiger partial charge on any atom is 0.246 e. The predicted octanol–water partition coefficient (Wildman–Crippen LogP) is 1.42. The molecule has 172 valence electrons. The van der Waals surface area contributed by atoms with Gasteiger partial charge in [-0.3, -0.25) is 9.00 Å². The van der Waals surface area contributed by atoms with Gasteiger partial charge < -0.3 is 19.1 Å². The Morgan fingerprint density at radius 2 is 2.00 bits per heavy atom. The van der Waals surface area contributed by atoms with Crippen molar-refractivity contribution in [2.45, 2.75) is 6.54 Å². The van der Waals surface area contributed by atoms with E-state index < -0.39 is 11.3 Å². The summed E-state index contributed by atoms with van der Waals surface area (Å²) >= 11 is -2.39. The van der Waals surface area contributed by atoms with Crippen LogP contribution >= 0.6 is 0 Å². The molecule has 3 aromatic rings. The molecule has 1 fully saturated rings. The van der Waals surface area contributed by atoms with Crippen LogP contribution in [0.25, 0.3) is 22.0 Å². The molecular formula is C22H23N6O4S-. The summed E-state index contributed by atoms with van der Waals surface area (Å²) in [5, 5.41) is 0.884. The number of hydrogen-bond donors (Lipinski definition) is 1. The van der Waals surface area contributed by atoms with Crippen molar-refractivity contribution in [3.05, 3.63) is 55.0 Å². The molecule has 0 radical (unpaired) electrons. The van der Waals surface area contributed by atoms with Crippen LogP contribution in [0.5, 0.6) is 5.88 Å². The van der Waals surface area contributed by atoms with E-state index in [-0.39, 0.29) is 12.5 Å². The molecule has 2 aromatic heterocycles. The van der Waals surface area contributed by atoms with Gasteiger partial charge in [-0.2, -0.15) is 0 Å². The number of benzene rings is 1. The monoisotopic (exact) mass is 467 g/mol. The van der Waals surface area contributed by atoms with Gasteiger partial charge in [0.05, 0.1) is 12.6 Å². The highest BCUT2D eigenvalue weighted by Crippen LogP contribution is 2.30. The summed E-state index contributed by atoms with van der Waals surface area (Å²) in [7, 11) is 1.49. The lowest BCUT2D eigenvalue weighted by molar-refractivity contribution is -0.126. The Hall–Kier alpha value is -3.41. The molecule has 0 saturated carbocycles. The average Bonchev–Trinajstić information content (AvgIpc) is 2.86. The van der Waals surface area contributed by atoms with E-state index in [1.807, 2.05) is 24.3 Å². The minimum Gasteiger partial charge on any atom is -0.760 e. The van der Waals surface area contributed by atoms with Crippen molar-refractivity contribution >= 4 is 33.9 Å². The van der Waals surface area contributed by atoms with E-state index in [1.54, 1.807) is 17.4 Å². The Labute approximate surface area is 193 Å². The number of aromatic nitrogens is 3. The summed E-state index contributed by atoms with van der Waals surface area (Å²) < 4.78 is 29.4. The number of carbonyl (C=O) groups excluding carboxylic acids is 1. The second-order valence-electron chi connectivity index (χ2n) is 7.39. The number of nitrogens with zero attached hydrogens (tertiary/aromatic N) is 5. The first-order valence-corrected chi connectivity index (χ1v) is 11.3. The van der Waals surface area contributed by atoms with Crippen molar-refractivity contribution in [3.8, 4) is 17.0 Å². The van der Waals surface area contributed by atoms with Crippen molar-refractivity contribution in [1.29, 1.82) is 0 Å². The third-order valence-corrected chi connectivity index (χ3v) is 5.89. The number of anilines is 1. The molecule has 1 aliphatic rings. The number of piperazine rings is 1. The fourth-order valence-corrected chi connectivity index (χ4v) is 4.12. The number of rotatable bonds is 7. The van der Waals surface area contributed by atoms with Gasteiger partial charge >= 0.3 is 0 Å². The summed E-state index contributed by atoms with van der Waals surface area (Å²) in [6.45, 7) is 6.12. The highest BCUT2D eigenvalue weighted by molar-refractivity contribution is 7.77. The highest BCUT2D eigenvalue weighted by atomic mass is 32.2. The molecule has 0 bridgehead atoms. The minimum atomic E-state index is -2.39. The molecule has 0 aliphatic carbocycles. The summed E-state index contributed by atoms with van der Waals surface area (Å²) in [5.74, 6) is 1.09. The zero-order chi connectivity index (χ0) is 23.4. The molecule has 1 saturated heterocycles. The molecular weight excluding hydrogens is 444 g/mol. The Bertz CT molecular complexity index is 1210. The minimum absolute atomic E-state index is 0.0653. The zero-order valence-corrected chi connectivity index (χ0v) is 18.9. The molecule has 1 amide bonds. The van der Waals surface area contributed by atoms with Gasteiger partial charge in [-0.25, -0.2) is 19.7 Å². The van der Waals surface area contributed by atoms with Gasteiger partial charge in [-0.15, -0.1) is 0 Å². The van der Waals surface area contributed by atoms with Gasteiger partial charge in [-0.1, -0.05) is 12.6 Å². The second-order valence-corrected chi connectivity index (χ2v) is 8.15. The molecule has 1 N–H and O–H groups in total. The van der Waals surface area contributed by atoms with Gasteiger partial charge in [0.2, 0.25) is 11.8 Å². The topological polar surface area (TPSA) is 124 Å². The predicted molar refractivity (Wildman–Crippen MR) is 124 cm³/mol. The summed E-state index contributed by atoms with van der Waals surface area (Å²) in [6, 6.07) is 7.70. The van der Waals surface area contributed by atoms with Gasteiger partial charge in [0, 0.05) is 66.7 Å². The number of fused-ring (bicyclic) bond motifs is 1. The largest absolute Gasteiger partial charge is 0.760 e. The van der Waals surface area contributed by atoms with Gasteiger partial charge in [0.15, 0.2) is 0 Å². The van der Waals surface area contributed by atoms with Crippen molar-refractivity contribution in [3.63, 3.8) is 0 Å². The molecule has 4 rings (SSSR count). The number of amides is 1. The van der Waals surface area contributed by atoms with Crippen LogP contribution in [0, 0.1) is 0 Å². The van der Waals surface area contributed by atoms with E-state index in [0.29, 0.717) is 37.6 Å². The van der Waals surface area contributed by atoms with Gasteiger partial charge in [-0.05, 0) is 29.8 Å². The Balaban J connectivity index is 1.66. The highest BCUT2D eigenvalue weighted by Gasteiger charge is 2.22. The molecule has 1 aliphatic heterocycles. The molecule has 11 heteroatoms. The van der Waals surface area contributed by atoms with Crippen LogP contribution in [-0.2, 0) is 22.6 Å². The Kier molecular flexibility index (Phi) is 6.92. The van der Waals surface area contributed by atoms with Crippen LogP contribution in [0.15, 0.2) is 49.4 Å². The molecule has 1 unspecified atom stereocenters. The van der Waals surface area contributed by atoms with Crippen molar-refractivity contribution < 1.29 is 18.3 Å². The first-order chi connectivity index (χ1) is 16.0. The van der Waals surface area contributed by atoms with E-state index in [0.717, 1.165) is 27.8 Å². The van der Waals surface area contributed by atoms with E-state index >= 15 is 0 Å². The lowest BCUT2D eigenvalue weighted by Gasteiger charge is -2.35. The molecule has 10 nitrogen and oxygen atoms in total. The SMILES string of the molecule is C=CC(=O)N1CCN(c2ncnc3ccc(-c4cnc(OC)c(CNS(=O)[O-])c4)cc23)CC1. The molecule has 1 atom stereocenters. The first-order valence-electron chi connectivity index (χ1n) is 10.3. The Morgan fingerprint density at radius 1 is 1.21 bits per heavy atom. The average molecular weight is 468 g/mol. The van der Waals surface area contributed by atoms with Crippen LogP contribution in [0.2, 0.25) is 0 Å². The van der Waals surface area contributed by atoms with Crippen LogP contribution in [0.3, 0.4) is 0 Å². The van der Waals surface area contributed by atoms with Gasteiger partial charge in [0.1, 0.15) is 12.1 Å². The number of pyridine rings is 1. The number of carbonyl (C=O) groups is 1. The second kappa shape index (κ2) is 10.0. The number of hydrogen-bond acceptors (Lipinski definition) is 8. The Morgan fingerprint density at radius 3 is 2.70 bits per heavy atom. The lowest BCUT2D eigenvalue weighted by atomic mass is 10.0. The van der Waals surface area contributed by atoms with Crippen LogP contribution in [0.1, 0.15) is 5.56 Å². The van der Waals surface area contributed by atoms with Crippen LogP contribution < -0.4 is 14.4 Å². The van der Waals surface area contributed by atoms with E-state index in [1.165, 1.54) is 13.2 Å². The summed E-state index contributed by atoms with van der Waals surface area (Å²) in [5.41, 5.74) is 3.12. The smallest absolute Gasteiger partial charge is 0.246 e. The maximum atomic E-state index is 11.9. The lowest BCUT2D eigenvalue weighted by Crippen LogP contribution is -2.48. The quantitative estimate of drug-likeness (QED) is 0.409. The van der Waals surface area contributed by atoms with Crippen LogP contribution in [-0.4, -0.2) is 67.8 Å². The fraction of sp³-hybridized carbons (Fsp3) is 0.273. The van der Waals surface area contributed by atoms with Gasteiger partial charge in [0.25, 0.3) is 0 Å². The first kappa shape index (κ1) is 22.8. The standard InChI is InChI=1S/C22H24N6O4S/c1-3-20(29)27-6-8-28(9-7-27)21-18-11-15(4-5-19(18)24-14-25-21)16-10-17(13-26-33(30)31)22(32-2)23-12-16/h3-5,10-12,14,26H,1,6-9,13H2,2H3,(H,30,31)/p-1. The van der Waals surface area contributed by atoms with E-state index in [2.05, 4.69) is 31.2 Å².